The molecule has 0 aromatic heterocycles. The van der Waals surface area contributed by atoms with E-state index in [1.54, 1.807) is 24.3 Å². The summed E-state index contributed by atoms with van der Waals surface area (Å²) in [6, 6.07) is 6.87. The summed E-state index contributed by atoms with van der Waals surface area (Å²) in [5.74, 6) is 0.502. The Morgan fingerprint density at radius 2 is 2.25 bits per heavy atom. The van der Waals surface area contributed by atoms with Gasteiger partial charge in [0.1, 0.15) is 12.4 Å². The molecule has 7 nitrogen and oxygen atoms in total. The normalized spacial score (nSPS) is 17.8. The molecule has 1 saturated heterocycles. The van der Waals surface area contributed by atoms with Gasteiger partial charge in [0, 0.05) is 25.3 Å². The second kappa shape index (κ2) is 9.12. The summed E-state index contributed by atoms with van der Waals surface area (Å²) < 4.78 is 11.1. The number of hydrogen-bond acceptors (Lipinski definition) is 4. The van der Waals surface area contributed by atoms with E-state index in [4.69, 9.17) is 9.47 Å². The van der Waals surface area contributed by atoms with Crippen LogP contribution in [0.4, 0.5) is 10.5 Å². The van der Waals surface area contributed by atoms with Crippen LogP contribution in [0.25, 0.3) is 0 Å². The lowest BCUT2D eigenvalue weighted by atomic mass is 10.1. The third kappa shape index (κ3) is 6.08. The van der Waals surface area contributed by atoms with Crippen LogP contribution in [0.2, 0.25) is 0 Å². The molecule has 3 amide bonds. The second-order valence-corrected chi connectivity index (χ2v) is 5.80. The third-order valence-corrected chi connectivity index (χ3v) is 3.69. The lowest BCUT2D eigenvalue weighted by Gasteiger charge is -2.20. The number of urea groups is 1. The number of nitrogens with one attached hydrogen (secondary N) is 3. The lowest BCUT2D eigenvalue weighted by Crippen LogP contribution is -2.46. The van der Waals surface area contributed by atoms with Gasteiger partial charge in [0.15, 0.2) is 0 Å². The molecule has 2 atom stereocenters. The van der Waals surface area contributed by atoms with Crippen molar-refractivity contribution >= 4 is 17.6 Å². The Morgan fingerprint density at radius 1 is 1.42 bits per heavy atom. The minimum atomic E-state index is -0.228. The zero-order valence-electron chi connectivity index (χ0n) is 14.1. The van der Waals surface area contributed by atoms with Gasteiger partial charge in [0.25, 0.3) is 0 Å². The summed E-state index contributed by atoms with van der Waals surface area (Å²) in [6.45, 7) is 4.89. The molecule has 0 unspecified atom stereocenters. The first-order chi connectivity index (χ1) is 11.5. The number of ether oxygens (including phenoxy) is 2. The average Bonchev–Trinajstić information content (AvgIpc) is 3.06. The Hall–Kier alpha value is -2.28. The molecule has 1 aromatic rings. The molecule has 0 radical (unpaired) electrons. The topological polar surface area (TPSA) is 88.7 Å². The maximum absolute atomic E-state index is 11.8. The Balaban J connectivity index is 1.65. The van der Waals surface area contributed by atoms with Crippen LogP contribution in [0.15, 0.2) is 24.3 Å². The van der Waals surface area contributed by atoms with Crippen molar-refractivity contribution in [1.29, 1.82) is 0 Å². The van der Waals surface area contributed by atoms with Crippen molar-refractivity contribution in [3.05, 3.63) is 24.3 Å². The summed E-state index contributed by atoms with van der Waals surface area (Å²) in [7, 11) is 0. The van der Waals surface area contributed by atoms with Crippen molar-refractivity contribution in [2.45, 2.75) is 38.8 Å². The maximum atomic E-state index is 11.8. The number of hydrogen-bond donors (Lipinski definition) is 3. The fraction of sp³-hybridized carbons (Fsp3) is 0.529. The first-order valence-corrected chi connectivity index (χ1v) is 8.21. The van der Waals surface area contributed by atoms with Crippen LogP contribution in [0, 0.1) is 0 Å². The first kappa shape index (κ1) is 18.1. The van der Waals surface area contributed by atoms with Gasteiger partial charge in [-0.2, -0.15) is 0 Å². The molecule has 2 rings (SSSR count). The molecular formula is C17H25N3O4. The fourth-order valence-corrected chi connectivity index (χ4v) is 2.55. The predicted octanol–water partition coefficient (Wildman–Crippen LogP) is 1.89. The molecule has 1 aliphatic rings. The SMILES string of the molecule is CC(=O)Nc1cccc(OCCNC(=O)N[C@H](C)[C@@H]2CCCO2)c1. The van der Waals surface area contributed by atoms with Gasteiger partial charge < -0.3 is 25.4 Å². The number of carbonyl (C=O) groups is 2. The average molecular weight is 335 g/mol. The predicted molar refractivity (Wildman–Crippen MR) is 91.2 cm³/mol. The van der Waals surface area contributed by atoms with Crippen molar-refractivity contribution in [1.82, 2.24) is 10.6 Å². The van der Waals surface area contributed by atoms with E-state index in [1.807, 2.05) is 6.92 Å². The molecular weight excluding hydrogens is 310 g/mol. The first-order valence-electron chi connectivity index (χ1n) is 8.21. The number of rotatable bonds is 7. The van der Waals surface area contributed by atoms with Crippen molar-refractivity contribution in [2.24, 2.45) is 0 Å². The smallest absolute Gasteiger partial charge is 0.315 e. The summed E-state index contributed by atoms with van der Waals surface area (Å²) in [6.07, 6.45) is 2.13. The molecule has 1 aliphatic heterocycles. The largest absolute Gasteiger partial charge is 0.492 e. The summed E-state index contributed by atoms with van der Waals surface area (Å²) in [5, 5.41) is 8.32. The zero-order chi connectivity index (χ0) is 17.4. The highest BCUT2D eigenvalue weighted by Crippen LogP contribution is 2.17. The molecule has 24 heavy (non-hydrogen) atoms. The molecule has 1 fully saturated rings. The number of anilines is 1. The van der Waals surface area contributed by atoms with Gasteiger partial charge in [0.05, 0.1) is 18.7 Å². The molecule has 0 spiro atoms. The Labute approximate surface area is 142 Å². The second-order valence-electron chi connectivity index (χ2n) is 5.80. The Kier molecular flexibility index (Phi) is 6.87. The van der Waals surface area contributed by atoms with Crippen LogP contribution in [-0.2, 0) is 9.53 Å². The minimum Gasteiger partial charge on any atom is -0.492 e. The van der Waals surface area contributed by atoms with E-state index in [2.05, 4.69) is 16.0 Å². The van der Waals surface area contributed by atoms with E-state index < -0.39 is 0 Å². The molecule has 1 heterocycles. The minimum absolute atomic E-state index is 0.0113. The number of amides is 3. The van der Waals surface area contributed by atoms with Gasteiger partial charge in [-0.05, 0) is 31.9 Å². The lowest BCUT2D eigenvalue weighted by molar-refractivity contribution is -0.114. The summed E-state index contributed by atoms with van der Waals surface area (Å²) >= 11 is 0. The summed E-state index contributed by atoms with van der Waals surface area (Å²) in [5.41, 5.74) is 0.677. The molecule has 0 aliphatic carbocycles. The highest BCUT2D eigenvalue weighted by atomic mass is 16.5. The van der Waals surface area contributed by atoms with E-state index in [1.165, 1.54) is 6.92 Å². The quantitative estimate of drug-likeness (QED) is 0.664. The monoisotopic (exact) mass is 335 g/mol. The number of benzene rings is 1. The van der Waals surface area contributed by atoms with E-state index in [0.29, 0.717) is 24.6 Å². The van der Waals surface area contributed by atoms with Crippen LogP contribution < -0.4 is 20.7 Å². The van der Waals surface area contributed by atoms with Crippen LogP contribution in [0.1, 0.15) is 26.7 Å². The molecule has 3 N–H and O–H groups in total. The molecule has 7 heteroatoms. The van der Waals surface area contributed by atoms with Crippen molar-refractivity contribution in [3.8, 4) is 5.75 Å². The van der Waals surface area contributed by atoms with Gasteiger partial charge >= 0.3 is 6.03 Å². The van der Waals surface area contributed by atoms with Gasteiger partial charge in [-0.15, -0.1) is 0 Å². The van der Waals surface area contributed by atoms with E-state index in [0.717, 1.165) is 19.4 Å². The van der Waals surface area contributed by atoms with E-state index in [9.17, 15) is 9.59 Å². The van der Waals surface area contributed by atoms with Crippen molar-refractivity contribution in [3.63, 3.8) is 0 Å². The molecule has 0 bridgehead atoms. The summed E-state index contributed by atoms with van der Waals surface area (Å²) in [4.78, 5) is 22.8. The van der Waals surface area contributed by atoms with Crippen LogP contribution in [-0.4, -0.2) is 43.8 Å². The van der Waals surface area contributed by atoms with Gasteiger partial charge in [-0.3, -0.25) is 4.79 Å². The Morgan fingerprint density at radius 3 is 2.96 bits per heavy atom. The van der Waals surface area contributed by atoms with Gasteiger partial charge in [-0.25, -0.2) is 4.79 Å². The van der Waals surface area contributed by atoms with Crippen molar-refractivity contribution < 1.29 is 19.1 Å². The highest BCUT2D eigenvalue weighted by molar-refractivity contribution is 5.88. The van der Waals surface area contributed by atoms with Gasteiger partial charge in [-0.1, -0.05) is 6.07 Å². The fourth-order valence-electron chi connectivity index (χ4n) is 2.55. The molecule has 0 saturated carbocycles. The Bertz CT molecular complexity index is 559. The van der Waals surface area contributed by atoms with E-state index >= 15 is 0 Å². The van der Waals surface area contributed by atoms with E-state index in [-0.39, 0.29) is 24.1 Å². The molecule has 132 valence electrons. The highest BCUT2D eigenvalue weighted by Gasteiger charge is 2.23. The number of carbonyl (C=O) groups excluding carboxylic acids is 2. The van der Waals surface area contributed by atoms with Crippen LogP contribution >= 0.6 is 0 Å². The van der Waals surface area contributed by atoms with Crippen LogP contribution in [0.3, 0.4) is 0 Å². The third-order valence-electron chi connectivity index (χ3n) is 3.69. The van der Waals surface area contributed by atoms with Crippen LogP contribution in [0.5, 0.6) is 5.75 Å². The maximum Gasteiger partial charge on any atom is 0.315 e. The standard InChI is InChI=1S/C17H25N3O4/c1-12(16-7-4-9-24-16)19-17(22)18-8-10-23-15-6-3-5-14(11-15)20-13(2)21/h3,5-6,11-12,16H,4,7-10H2,1-2H3,(H,20,21)(H2,18,19,22)/t12-,16+/m1/s1. The van der Waals surface area contributed by atoms with Gasteiger partial charge in [0.2, 0.25) is 5.91 Å². The van der Waals surface area contributed by atoms with Crippen molar-refractivity contribution in [2.75, 3.05) is 25.1 Å². The zero-order valence-corrected chi connectivity index (χ0v) is 14.1. The molecule has 1 aromatic carbocycles.